The Bertz CT molecular complexity index is 773. The van der Waals surface area contributed by atoms with E-state index in [-0.39, 0.29) is 0 Å². The maximum atomic E-state index is 9.84. The van der Waals surface area contributed by atoms with Gasteiger partial charge in [0.05, 0.1) is 24.0 Å². The highest BCUT2D eigenvalue weighted by molar-refractivity contribution is 7.17. The van der Waals surface area contributed by atoms with Crippen LogP contribution in [0, 0.1) is 13.8 Å². The lowest BCUT2D eigenvalue weighted by Gasteiger charge is -2.14. The minimum atomic E-state index is -0.483. The summed E-state index contributed by atoms with van der Waals surface area (Å²) in [5.74, 6) is 0. The fourth-order valence-corrected chi connectivity index (χ4v) is 3.41. The Morgan fingerprint density at radius 1 is 1.33 bits per heavy atom. The minimum absolute atomic E-state index is 0.483. The smallest absolute Gasteiger partial charge is 0.194 e. The van der Waals surface area contributed by atoms with Crippen molar-refractivity contribution in [2.45, 2.75) is 33.4 Å². The molecule has 0 aliphatic heterocycles. The molecule has 0 bridgehead atoms. The Kier molecular flexibility index (Phi) is 3.69. The van der Waals surface area contributed by atoms with Crippen LogP contribution in [0.5, 0.6) is 0 Å². The Hall–Kier alpha value is -1.85. The van der Waals surface area contributed by atoms with E-state index >= 15 is 0 Å². The second-order valence-corrected chi connectivity index (χ2v) is 6.47. The Balaban J connectivity index is 1.88. The molecular formula is C16H19N3OS. The van der Waals surface area contributed by atoms with Gasteiger partial charge in [-0.1, -0.05) is 18.2 Å². The van der Waals surface area contributed by atoms with Crippen LogP contribution in [-0.2, 0) is 6.54 Å². The van der Waals surface area contributed by atoms with Crippen LogP contribution in [0.3, 0.4) is 0 Å². The van der Waals surface area contributed by atoms with Crippen LogP contribution in [0.2, 0.25) is 0 Å². The number of para-hydroxylation sites is 1. The topological polar surface area (TPSA) is 49.6 Å². The predicted molar refractivity (Wildman–Crippen MR) is 86.9 cm³/mol. The molecular weight excluding hydrogens is 282 g/mol. The molecule has 1 aromatic carbocycles. The molecule has 2 heterocycles. The van der Waals surface area contributed by atoms with E-state index in [4.69, 9.17) is 0 Å². The molecule has 4 nitrogen and oxygen atoms in total. The lowest BCUT2D eigenvalue weighted by Crippen LogP contribution is -2.06. The summed E-state index contributed by atoms with van der Waals surface area (Å²) in [4.78, 5) is 6.88. The van der Waals surface area contributed by atoms with Gasteiger partial charge >= 0.3 is 0 Å². The molecule has 3 aromatic rings. The number of hydrogen-bond donors (Lipinski definition) is 2. The number of anilines is 1. The van der Waals surface area contributed by atoms with Crippen molar-refractivity contribution >= 4 is 22.0 Å². The summed E-state index contributed by atoms with van der Waals surface area (Å²) < 4.78 is 2.15. The first kappa shape index (κ1) is 14.1. The molecule has 0 saturated carbocycles. The van der Waals surface area contributed by atoms with Gasteiger partial charge in [0, 0.05) is 22.3 Å². The number of nitrogens with zero attached hydrogens (tertiary/aromatic N) is 2. The number of rotatable bonds is 4. The Morgan fingerprint density at radius 3 is 2.86 bits per heavy atom. The summed E-state index contributed by atoms with van der Waals surface area (Å²) in [7, 11) is 0. The van der Waals surface area contributed by atoms with E-state index in [2.05, 4.69) is 27.8 Å². The molecule has 1 unspecified atom stereocenters. The molecule has 21 heavy (non-hydrogen) atoms. The molecule has 0 aliphatic rings. The number of benzene rings is 1. The minimum Gasteiger partial charge on any atom is -0.389 e. The van der Waals surface area contributed by atoms with Gasteiger partial charge in [-0.15, -0.1) is 11.3 Å². The quantitative estimate of drug-likeness (QED) is 0.773. The van der Waals surface area contributed by atoms with E-state index in [1.165, 1.54) is 4.88 Å². The first-order valence-corrected chi connectivity index (χ1v) is 7.82. The number of imidazole rings is 1. The second-order valence-electron chi connectivity index (χ2n) is 5.26. The molecule has 0 spiro atoms. The standard InChI is InChI=1S/C16H19N3OS/c1-10-9-19-15(11(2)18-16(19)21-10)8-17-14-7-5-4-6-13(14)12(3)20/h4-7,9,12,17,20H,8H2,1-3H3. The zero-order valence-electron chi connectivity index (χ0n) is 12.4. The molecule has 0 fully saturated rings. The molecule has 2 N–H and O–H groups in total. The molecule has 0 radical (unpaired) electrons. The van der Waals surface area contributed by atoms with Gasteiger partial charge in [0.25, 0.3) is 0 Å². The molecule has 0 amide bonds. The number of aliphatic hydroxyl groups is 1. The van der Waals surface area contributed by atoms with Crippen molar-refractivity contribution in [3.8, 4) is 0 Å². The van der Waals surface area contributed by atoms with Gasteiger partial charge in [-0.25, -0.2) is 4.98 Å². The summed E-state index contributed by atoms with van der Waals surface area (Å²) in [6, 6.07) is 7.86. The SMILES string of the molecule is Cc1cn2c(CNc3ccccc3C(C)O)c(C)nc2s1. The first-order chi connectivity index (χ1) is 10.1. The third kappa shape index (κ3) is 2.66. The molecule has 2 aromatic heterocycles. The zero-order chi connectivity index (χ0) is 15.0. The van der Waals surface area contributed by atoms with E-state index < -0.39 is 6.10 Å². The number of nitrogens with one attached hydrogen (secondary N) is 1. The highest BCUT2D eigenvalue weighted by atomic mass is 32.1. The van der Waals surface area contributed by atoms with Crippen molar-refractivity contribution in [3.05, 3.63) is 52.3 Å². The number of fused-ring (bicyclic) bond motifs is 1. The maximum absolute atomic E-state index is 9.84. The molecule has 0 saturated heterocycles. The zero-order valence-corrected chi connectivity index (χ0v) is 13.2. The number of aryl methyl sites for hydroxylation is 2. The lowest BCUT2D eigenvalue weighted by atomic mass is 10.1. The molecule has 0 aliphatic carbocycles. The first-order valence-electron chi connectivity index (χ1n) is 7.01. The van der Waals surface area contributed by atoms with E-state index in [0.717, 1.165) is 27.6 Å². The van der Waals surface area contributed by atoms with Crippen LogP contribution in [0.1, 0.15) is 34.9 Å². The van der Waals surface area contributed by atoms with E-state index in [1.54, 1.807) is 18.3 Å². The normalized spacial score (nSPS) is 12.8. The molecule has 1 atom stereocenters. The Labute approximate surface area is 128 Å². The van der Waals surface area contributed by atoms with E-state index in [0.29, 0.717) is 6.54 Å². The van der Waals surface area contributed by atoms with Crippen molar-refractivity contribution in [3.63, 3.8) is 0 Å². The van der Waals surface area contributed by atoms with Crippen molar-refractivity contribution in [1.82, 2.24) is 9.38 Å². The van der Waals surface area contributed by atoms with Gasteiger partial charge in [-0.05, 0) is 26.8 Å². The maximum Gasteiger partial charge on any atom is 0.194 e. The van der Waals surface area contributed by atoms with Crippen LogP contribution in [0.15, 0.2) is 30.5 Å². The van der Waals surface area contributed by atoms with Crippen molar-refractivity contribution in [2.75, 3.05) is 5.32 Å². The number of aromatic nitrogens is 2. The van der Waals surface area contributed by atoms with Gasteiger partial charge in [-0.3, -0.25) is 4.40 Å². The highest BCUT2D eigenvalue weighted by Crippen LogP contribution is 2.25. The van der Waals surface area contributed by atoms with Crippen molar-refractivity contribution in [2.24, 2.45) is 0 Å². The fraction of sp³-hybridized carbons (Fsp3) is 0.312. The second kappa shape index (κ2) is 5.50. The van der Waals surface area contributed by atoms with Gasteiger partial charge in [0.1, 0.15) is 0 Å². The number of hydrogen-bond acceptors (Lipinski definition) is 4. The van der Waals surface area contributed by atoms with E-state index in [9.17, 15) is 5.11 Å². The average Bonchev–Trinajstić information content (AvgIpc) is 2.92. The summed E-state index contributed by atoms with van der Waals surface area (Å²) in [6.07, 6.45) is 1.64. The van der Waals surface area contributed by atoms with Crippen LogP contribution in [-0.4, -0.2) is 14.5 Å². The molecule has 5 heteroatoms. The van der Waals surface area contributed by atoms with Gasteiger partial charge in [0.2, 0.25) is 0 Å². The van der Waals surface area contributed by atoms with E-state index in [1.807, 2.05) is 31.2 Å². The van der Waals surface area contributed by atoms with Crippen molar-refractivity contribution < 1.29 is 5.11 Å². The summed E-state index contributed by atoms with van der Waals surface area (Å²) in [5.41, 5.74) is 4.09. The highest BCUT2D eigenvalue weighted by Gasteiger charge is 2.12. The number of thiazole rings is 1. The van der Waals surface area contributed by atoms with Crippen LogP contribution in [0.25, 0.3) is 4.96 Å². The van der Waals surface area contributed by atoms with Gasteiger partial charge in [0.15, 0.2) is 4.96 Å². The monoisotopic (exact) mass is 301 g/mol. The lowest BCUT2D eigenvalue weighted by molar-refractivity contribution is 0.200. The largest absolute Gasteiger partial charge is 0.389 e. The van der Waals surface area contributed by atoms with Gasteiger partial charge in [-0.2, -0.15) is 0 Å². The van der Waals surface area contributed by atoms with Crippen LogP contribution < -0.4 is 5.32 Å². The van der Waals surface area contributed by atoms with Crippen molar-refractivity contribution in [1.29, 1.82) is 0 Å². The summed E-state index contributed by atoms with van der Waals surface area (Å²) in [5, 5.41) is 13.3. The summed E-state index contributed by atoms with van der Waals surface area (Å²) in [6.45, 7) is 6.60. The predicted octanol–water partition coefficient (Wildman–Crippen LogP) is 3.68. The molecule has 3 rings (SSSR count). The fourth-order valence-electron chi connectivity index (χ4n) is 2.52. The van der Waals surface area contributed by atoms with Gasteiger partial charge < -0.3 is 10.4 Å². The molecule has 110 valence electrons. The third-order valence-corrected chi connectivity index (χ3v) is 4.50. The number of aliphatic hydroxyl groups excluding tert-OH is 1. The average molecular weight is 301 g/mol. The third-order valence-electron chi connectivity index (χ3n) is 3.60. The van der Waals surface area contributed by atoms with Crippen LogP contribution >= 0.6 is 11.3 Å². The van der Waals surface area contributed by atoms with Crippen LogP contribution in [0.4, 0.5) is 5.69 Å². The Morgan fingerprint density at radius 2 is 2.10 bits per heavy atom. The summed E-state index contributed by atoms with van der Waals surface area (Å²) >= 11 is 1.70.